The Labute approximate surface area is 120 Å². The van der Waals surface area contributed by atoms with Crippen LogP contribution in [0.2, 0.25) is 0 Å². The Balaban J connectivity index is 2.06. The number of nitrogens with one attached hydrogen (secondary N) is 1. The van der Waals surface area contributed by atoms with Crippen molar-refractivity contribution < 1.29 is 8.81 Å². The molecule has 108 valence electrons. The fourth-order valence-corrected chi connectivity index (χ4v) is 2.31. The summed E-state index contributed by atoms with van der Waals surface area (Å²) in [5.41, 5.74) is 2.17. The average Bonchev–Trinajstić information content (AvgIpc) is 2.90. The third-order valence-corrected chi connectivity index (χ3v) is 3.33. The van der Waals surface area contributed by atoms with Crippen LogP contribution < -0.4 is 5.32 Å². The topological polar surface area (TPSA) is 25.2 Å². The summed E-state index contributed by atoms with van der Waals surface area (Å²) in [4.78, 5) is 0. The normalized spacial score (nSPS) is 12.8. The van der Waals surface area contributed by atoms with Gasteiger partial charge < -0.3 is 9.73 Å². The molecule has 1 aromatic carbocycles. The first kappa shape index (κ1) is 14.8. The molecule has 1 heterocycles. The predicted octanol–water partition coefficient (Wildman–Crippen LogP) is 3.99. The van der Waals surface area contributed by atoms with Gasteiger partial charge in [-0.1, -0.05) is 26.0 Å². The second-order valence-corrected chi connectivity index (χ2v) is 5.64. The molecule has 1 atom stereocenters. The molecule has 0 bridgehead atoms. The lowest BCUT2D eigenvalue weighted by molar-refractivity contribution is 0.509. The predicted molar refractivity (Wildman–Crippen MR) is 79.3 cm³/mol. The first-order valence-electron chi connectivity index (χ1n) is 7.12. The molecule has 2 rings (SSSR count). The van der Waals surface area contributed by atoms with E-state index in [0.29, 0.717) is 5.92 Å². The minimum Gasteiger partial charge on any atom is -0.472 e. The zero-order chi connectivity index (χ0) is 14.4. The van der Waals surface area contributed by atoms with Crippen molar-refractivity contribution in [3.63, 3.8) is 0 Å². The molecule has 0 radical (unpaired) electrons. The number of hydrogen-bond donors (Lipinski definition) is 1. The summed E-state index contributed by atoms with van der Waals surface area (Å²) in [7, 11) is 0. The maximum Gasteiger partial charge on any atom is 0.123 e. The van der Waals surface area contributed by atoms with Gasteiger partial charge in [0.25, 0.3) is 0 Å². The van der Waals surface area contributed by atoms with E-state index in [-0.39, 0.29) is 11.7 Å². The van der Waals surface area contributed by atoms with E-state index in [9.17, 15) is 4.39 Å². The Morgan fingerprint density at radius 3 is 2.70 bits per heavy atom. The SMILES string of the molecule is CC(C)CNCC(Cc1ccoc1)c1cccc(F)c1. The van der Waals surface area contributed by atoms with Crippen LogP contribution in [0.1, 0.15) is 30.9 Å². The van der Waals surface area contributed by atoms with Crippen molar-refractivity contribution in [2.45, 2.75) is 26.2 Å². The quantitative estimate of drug-likeness (QED) is 0.826. The van der Waals surface area contributed by atoms with E-state index >= 15 is 0 Å². The van der Waals surface area contributed by atoms with Crippen molar-refractivity contribution in [1.82, 2.24) is 5.32 Å². The van der Waals surface area contributed by atoms with Crippen LogP contribution in [0.5, 0.6) is 0 Å². The third kappa shape index (κ3) is 4.49. The zero-order valence-corrected chi connectivity index (χ0v) is 12.1. The minimum atomic E-state index is -0.177. The molecule has 0 aliphatic rings. The maximum absolute atomic E-state index is 13.4. The molecule has 0 saturated heterocycles. The molecule has 0 spiro atoms. The highest BCUT2D eigenvalue weighted by molar-refractivity contribution is 5.24. The summed E-state index contributed by atoms with van der Waals surface area (Å²) in [5.74, 6) is 0.683. The van der Waals surface area contributed by atoms with Crippen LogP contribution in [-0.4, -0.2) is 13.1 Å². The molecule has 2 aromatic rings. The summed E-state index contributed by atoms with van der Waals surface area (Å²) in [6.45, 7) is 6.17. The second kappa shape index (κ2) is 7.25. The molecular formula is C17H22FNO. The van der Waals surface area contributed by atoms with Crippen LogP contribution in [0, 0.1) is 11.7 Å². The van der Waals surface area contributed by atoms with Crippen molar-refractivity contribution in [2.75, 3.05) is 13.1 Å². The van der Waals surface area contributed by atoms with Crippen LogP contribution in [0.4, 0.5) is 4.39 Å². The van der Waals surface area contributed by atoms with E-state index in [1.165, 1.54) is 6.07 Å². The lowest BCUT2D eigenvalue weighted by Gasteiger charge is -2.18. The number of rotatable bonds is 7. The summed E-state index contributed by atoms with van der Waals surface area (Å²) in [5, 5.41) is 3.46. The Hall–Kier alpha value is -1.61. The lowest BCUT2D eigenvalue weighted by atomic mass is 9.92. The van der Waals surface area contributed by atoms with Crippen molar-refractivity contribution in [3.05, 3.63) is 59.8 Å². The van der Waals surface area contributed by atoms with Crippen LogP contribution in [0.25, 0.3) is 0 Å². The van der Waals surface area contributed by atoms with E-state index in [2.05, 4.69) is 19.2 Å². The largest absolute Gasteiger partial charge is 0.472 e. The Bertz CT molecular complexity index is 507. The standard InChI is InChI=1S/C17H22FNO/c1-13(2)10-19-11-16(8-14-6-7-20-12-14)15-4-3-5-17(18)9-15/h3-7,9,12-13,16,19H,8,10-11H2,1-2H3. The van der Waals surface area contributed by atoms with E-state index < -0.39 is 0 Å². The highest BCUT2D eigenvalue weighted by Crippen LogP contribution is 2.21. The molecule has 0 fully saturated rings. The van der Waals surface area contributed by atoms with Crippen molar-refractivity contribution in [1.29, 1.82) is 0 Å². The summed E-state index contributed by atoms with van der Waals surface area (Å²) < 4.78 is 18.5. The van der Waals surface area contributed by atoms with Gasteiger partial charge in [0, 0.05) is 12.5 Å². The second-order valence-electron chi connectivity index (χ2n) is 5.64. The Morgan fingerprint density at radius 2 is 2.05 bits per heavy atom. The van der Waals surface area contributed by atoms with Gasteiger partial charge in [-0.05, 0) is 48.2 Å². The van der Waals surface area contributed by atoms with Gasteiger partial charge in [0.1, 0.15) is 5.82 Å². The van der Waals surface area contributed by atoms with Gasteiger partial charge in [0.15, 0.2) is 0 Å². The highest BCUT2D eigenvalue weighted by atomic mass is 19.1. The zero-order valence-electron chi connectivity index (χ0n) is 12.1. The summed E-state index contributed by atoms with van der Waals surface area (Å²) >= 11 is 0. The van der Waals surface area contributed by atoms with Crippen molar-refractivity contribution in [2.24, 2.45) is 5.92 Å². The van der Waals surface area contributed by atoms with Crippen molar-refractivity contribution >= 4 is 0 Å². The first-order chi connectivity index (χ1) is 9.65. The van der Waals surface area contributed by atoms with Gasteiger partial charge in [-0.15, -0.1) is 0 Å². The van der Waals surface area contributed by atoms with Crippen LogP contribution in [0.3, 0.4) is 0 Å². The van der Waals surface area contributed by atoms with E-state index in [1.54, 1.807) is 24.7 Å². The average molecular weight is 275 g/mol. The van der Waals surface area contributed by atoms with Crippen LogP contribution in [0.15, 0.2) is 47.3 Å². The van der Waals surface area contributed by atoms with Gasteiger partial charge in [-0.25, -0.2) is 4.39 Å². The molecular weight excluding hydrogens is 253 g/mol. The number of hydrogen-bond acceptors (Lipinski definition) is 2. The van der Waals surface area contributed by atoms with E-state index in [1.807, 2.05) is 12.1 Å². The van der Waals surface area contributed by atoms with Crippen molar-refractivity contribution in [3.8, 4) is 0 Å². The maximum atomic E-state index is 13.4. The minimum absolute atomic E-state index is 0.177. The summed E-state index contributed by atoms with van der Waals surface area (Å²) in [6.07, 6.45) is 4.29. The van der Waals surface area contributed by atoms with Gasteiger partial charge in [0.05, 0.1) is 12.5 Å². The monoisotopic (exact) mass is 275 g/mol. The molecule has 0 saturated carbocycles. The highest BCUT2D eigenvalue weighted by Gasteiger charge is 2.14. The molecule has 0 amide bonds. The summed E-state index contributed by atoms with van der Waals surface area (Å²) in [6, 6.07) is 8.84. The fourth-order valence-electron chi connectivity index (χ4n) is 2.31. The lowest BCUT2D eigenvalue weighted by Crippen LogP contribution is -2.26. The van der Waals surface area contributed by atoms with Gasteiger partial charge >= 0.3 is 0 Å². The molecule has 2 nitrogen and oxygen atoms in total. The molecule has 1 unspecified atom stereocenters. The van der Waals surface area contributed by atoms with Gasteiger partial charge in [-0.2, -0.15) is 0 Å². The first-order valence-corrected chi connectivity index (χ1v) is 7.12. The van der Waals surface area contributed by atoms with E-state index in [0.717, 1.165) is 30.6 Å². The number of halogens is 1. The molecule has 0 aliphatic carbocycles. The van der Waals surface area contributed by atoms with Gasteiger partial charge in [0.2, 0.25) is 0 Å². The van der Waals surface area contributed by atoms with Crippen LogP contribution >= 0.6 is 0 Å². The van der Waals surface area contributed by atoms with Crippen LogP contribution in [-0.2, 0) is 6.42 Å². The number of benzene rings is 1. The third-order valence-electron chi connectivity index (χ3n) is 3.33. The molecule has 0 aliphatic heterocycles. The number of furan rings is 1. The smallest absolute Gasteiger partial charge is 0.123 e. The molecule has 1 N–H and O–H groups in total. The van der Waals surface area contributed by atoms with E-state index in [4.69, 9.17) is 4.42 Å². The molecule has 1 aromatic heterocycles. The Kier molecular flexibility index (Phi) is 5.36. The Morgan fingerprint density at radius 1 is 1.20 bits per heavy atom. The van der Waals surface area contributed by atoms with Gasteiger partial charge in [-0.3, -0.25) is 0 Å². The molecule has 20 heavy (non-hydrogen) atoms. The molecule has 3 heteroatoms. The fraction of sp³-hybridized carbons (Fsp3) is 0.412.